The van der Waals surface area contributed by atoms with Gasteiger partial charge in [-0.15, -0.1) is 0 Å². The van der Waals surface area contributed by atoms with E-state index in [0.717, 1.165) is 24.3 Å². The minimum absolute atomic E-state index is 0.0102. The number of carbonyl (C=O) groups excluding carboxylic acids is 2. The molecule has 1 aromatic heterocycles. The highest BCUT2D eigenvalue weighted by atomic mass is 16.3. The molecular formula is C27H39N3O3. The van der Waals surface area contributed by atoms with Crippen molar-refractivity contribution in [2.75, 3.05) is 33.7 Å². The molecule has 1 aliphatic carbocycles. The molecule has 4 rings (SSSR count). The summed E-state index contributed by atoms with van der Waals surface area (Å²) in [6.45, 7) is 3.52. The Hall–Kier alpha value is -2.34. The molecule has 1 aromatic carbocycles. The van der Waals surface area contributed by atoms with Crippen LogP contribution in [0, 0.1) is 5.92 Å². The Bertz CT molecular complexity index is 922. The number of furan rings is 1. The molecule has 6 heteroatoms. The number of nitrogens with one attached hydrogen (secondary N) is 1. The van der Waals surface area contributed by atoms with Crippen LogP contribution in [0.25, 0.3) is 11.0 Å². The smallest absolute Gasteiger partial charge is 0.222 e. The lowest BCUT2D eigenvalue weighted by atomic mass is 9.83. The highest BCUT2D eigenvalue weighted by Crippen LogP contribution is 2.35. The maximum Gasteiger partial charge on any atom is 0.222 e. The molecule has 33 heavy (non-hydrogen) atoms. The van der Waals surface area contributed by atoms with Crippen LogP contribution in [0.4, 0.5) is 0 Å². The summed E-state index contributed by atoms with van der Waals surface area (Å²) in [6.07, 6.45) is 10.7. The minimum Gasteiger partial charge on any atom is -0.464 e. The average Bonchev–Trinajstić information content (AvgIpc) is 3.26. The Morgan fingerprint density at radius 1 is 1.03 bits per heavy atom. The lowest BCUT2D eigenvalue weighted by Crippen LogP contribution is -2.39. The second-order valence-electron chi connectivity index (χ2n) is 10.2. The van der Waals surface area contributed by atoms with E-state index in [4.69, 9.17) is 4.42 Å². The number of fused-ring (bicyclic) bond motifs is 1. The van der Waals surface area contributed by atoms with Crippen molar-refractivity contribution in [3.63, 3.8) is 0 Å². The highest BCUT2D eigenvalue weighted by molar-refractivity contribution is 5.83. The monoisotopic (exact) mass is 453 g/mol. The molecule has 2 heterocycles. The molecule has 0 radical (unpaired) electrons. The number of piperidine rings is 1. The van der Waals surface area contributed by atoms with Gasteiger partial charge in [0.2, 0.25) is 11.8 Å². The molecule has 0 unspecified atom stereocenters. The number of amides is 2. The van der Waals surface area contributed by atoms with Crippen molar-refractivity contribution in [3.8, 4) is 0 Å². The quantitative estimate of drug-likeness (QED) is 0.637. The van der Waals surface area contributed by atoms with Gasteiger partial charge in [0.1, 0.15) is 5.58 Å². The van der Waals surface area contributed by atoms with E-state index in [9.17, 15) is 9.59 Å². The Balaban J connectivity index is 1.12. The van der Waals surface area contributed by atoms with E-state index in [-0.39, 0.29) is 17.9 Å². The zero-order valence-electron chi connectivity index (χ0n) is 20.2. The number of likely N-dealkylation sites (tertiary alicyclic amines) is 1. The van der Waals surface area contributed by atoms with Crippen molar-refractivity contribution in [1.82, 2.24) is 15.1 Å². The number of para-hydroxylation sites is 1. The van der Waals surface area contributed by atoms with E-state index in [1.807, 2.05) is 12.3 Å². The van der Waals surface area contributed by atoms with E-state index in [0.29, 0.717) is 18.8 Å². The van der Waals surface area contributed by atoms with Crippen LogP contribution in [0.2, 0.25) is 0 Å². The third-order valence-electron chi connectivity index (χ3n) is 7.67. The Kier molecular flexibility index (Phi) is 8.07. The van der Waals surface area contributed by atoms with Gasteiger partial charge < -0.3 is 19.5 Å². The van der Waals surface area contributed by atoms with Crippen LogP contribution in [0.3, 0.4) is 0 Å². The molecule has 2 aliphatic rings. The van der Waals surface area contributed by atoms with Crippen LogP contribution in [-0.2, 0) is 9.59 Å². The molecule has 1 saturated heterocycles. The van der Waals surface area contributed by atoms with Crippen molar-refractivity contribution in [1.29, 1.82) is 0 Å². The predicted octanol–water partition coefficient (Wildman–Crippen LogP) is 4.55. The summed E-state index contributed by atoms with van der Waals surface area (Å²) in [5.74, 6) is 1.40. The van der Waals surface area contributed by atoms with Gasteiger partial charge in [-0.05, 0) is 82.5 Å². The molecule has 2 amide bonds. The summed E-state index contributed by atoms with van der Waals surface area (Å²) in [6, 6.07) is 8.66. The van der Waals surface area contributed by atoms with Gasteiger partial charge in [0.25, 0.3) is 0 Å². The van der Waals surface area contributed by atoms with E-state index in [2.05, 4.69) is 28.4 Å². The van der Waals surface area contributed by atoms with Crippen molar-refractivity contribution >= 4 is 22.8 Å². The highest BCUT2D eigenvalue weighted by Gasteiger charge is 2.26. The number of benzene rings is 1. The zero-order chi connectivity index (χ0) is 23.2. The fourth-order valence-electron chi connectivity index (χ4n) is 5.49. The Morgan fingerprint density at radius 3 is 2.48 bits per heavy atom. The van der Waals surface area contributed by atoms with Crippen LogP contribution >= 0.6 is 0 Å². The van der Waals surface area contributed by atoms with Gasteiger partial charge in [-0.25, -0.2) is 0 Å². The summed E-state index contributed by atoms with van der Waals surface area (Å²) in [4.78, 5) is 28.0. The molecule has 1 aliphatic heterocycles. The molecule has 0 atom stereocenters. The number of rotatable bonds is 8. The lowest BCUT2D eigenvalue weighted by molar-refractivity contribution is -0.131. The number of hydrogen-bond acceptors (Lipinski definition) is 4. The van der Waals surface area contributed by atoms with Crippen LogP contribution in [0.1, 0.15) is 69.3 Å². The minimum atomic E-state index is 0.0102. The standard InChI is InChI=1S/C27H39N3O3/c1-29(2)27(32)12-11-26(31)28-22-9-7-20(8-10-22)13-16-30-17-14-21(15-18-30)24-19-33-25-6-4-3-5-23(24)25/h3-6,19-22H,7-18H2,1-2H3,(H,28,31). The molecule has 2 fully saturated rings. The van der Waals surface area contributed by atoms with Crippen molar-refractivity contribution < 1.29 is 14.0 Å². The predicted molar refractivity (Wildman–Crippen MR) is 131 cm³/mol. The third kappa shape index (κ3) is 6.38. The first-order valence-corrected chi connectivity index (χ1v) is 12.7. The van der Waals surface area contributed by atoms with Gasteiger partial charge in [-0.2, -0.15) is 0 Å². The van der Waals surface area contributed by atoms with Gasteiger partial charge in [0.05, 0.1) is 6.26 Å². The van der Waals surface area contributed by atoms with Gasteiger partial charge >= 0.3 is 0 Å². The summed E-state index contributed by atoms with van der Waals surface area (Å²) in [7, 11) is 3.45. The first kappa shape index (κ1) is 23.8. The van der Waals surface area contributed by atoms with Crippen LogP contribution in [0.5, 0.6) is 0 Å². The molecule has 0 spiro atoms. The summed E-state index contributed by atoms with van der Waals surface area (Å²) < 4.78 is 5.77. The summed E-state index contributed by atoms with van der Waals surface area (Å²) >= 11 is 0. The third-order valence-corrected chi connectivity index (χ3v) is 7.67. The molecular weight excluding hydrogens is 414 g/mol. The van der Waals surface area contributed by atoms with Crippen molar-refractivity contribution in [2.45, 2.75) is 69.7 Å². The molecule has 0 bridgehead atoms. The van der Waals surface area contributed by atoms with Gasteiger partial charge in [0, 0.05) is 43.9 Å². The maximum atomic E-state index is 12.1. The van der Waals surface area contributed by atoms with Gasteiger partial charge in [0.15, 0.2) is 0 Å². The van der Waals surface area contributed by atoms with Crippen LogP contribution in [-0.4, -0.2) is 61.4 Å². The molecule has 2 aromatic rings. The van der Waals surface area contributed by atoms with Crippen LogP contribution < -0.4 is 5.32 Å². The van der Waals surface area contributed by atoms with E-state index >= 15 is 0 Å². The first-order valence-electron chi connectivity index (χ1n) is 12.7. The fourth-order valence-corrected chi connectivity index (χ4v) is 5.49. The Labute approximate surface area is 197 Å². The van der Waals surface area contributed by atoms with Gasteiger partial charge in [-0.1, -0.05) is 18.2 Å². The molecule has 6 nitrogen and oxygen atoms in total. The topological polar surface area (TPSA) is 65.8 Å². The maximum absolute atomic E-state index is 12.1. The normalized spacial score (nSPS) is 22.4. The molecule has 180 valence electrons. The van der Waals surface area contributed by atoms with Crippen molar-refractivity contribution in [3.05, 3.63) is 36.1 Å². The summed E-state index contributed by atoms with van der Waals surface area (Å²) in [5, 5.41) is 4.42. The molecule has 1 saturated carbocycles. The lowest BCUT2D eigenvalue weighted by Gasteiger charge is -2.34. The van der Waals surface area contributed by atoms with Crippen molar-refractivity contribution in [2.24, 2.45) is 5.92 Å². The van der Waals surface area contributed by atoms with E-state index in [1.165, 1.54) is 62.7 Å². The van der Waals surface area contributed by atoms with Crippen LogP contribution in [0.15, 0.2) is 34.9 Å². The second-order valence-corrected chi connectivity index (χ2v) is 10.2. The van der Waals surface area contributed by atoms with Gasteiger partial charge in [-0.3, -0.25) is 9.59 Å². The van der Waals surface area contributed by atoms with E-state index in [1.54, 1.807) is 19.0 Å². The largest absolute Gasteiger partial charge is 0.464 e. The number of carbonyl (C=O) groups is 2. The zero-order valence-corrected chi connectivity index (χ0v) is 20.2. The number of hydrogen-bond donors (Lipinski definition) is 1. The van der Waals surface area contributed by atoms with E-state index < -0.39 is 0 Å². The fraction of sp³-hybridized carbons (Fsp3) is 0.630. The summed E-state index contributed by atoms with van der Waals surface area (Å²) in [5.41, 5.74) is 2.39. The number of nitrogens with zero attached hydrogens (tertiary/aromatic N) is 2. The SMILES string of the molecule is CN(C)C(=O)CCC(=O)NC1CCC(CCN2CCC(c3coc4ccccc34)CC2)CC1. The molecule has 1 N–H and O–H groups in total. The Morgan fingerprint density at radius 2 is 1.76 bits per heavy atom. The first-order chi connectivity index (χ1) is 16.0. The average molecular weight is 454 g/mol. The second kappa shape index (κ2) is 11.2.